The van der Waals surface area contributed by atoms with Crippen molar-refractivity contribution in [3.63, 3.8) is 0 Å². The van der Waals surface area contributed by atoms with Crippen LogP contribution in [-0.2, 0) is 19.4 Å². The molecule has 0 saturated heterocycles. The van der Waals surface area contributed by atoms with Crippen molar-refractivity contribution in [2.75, 3.05) is 0 Å². The number of hydrogen-bond donors (Lipinski definition) is 1. The monoisotopic (exact) mass is 370 g/mol. The lowest BCUT2D eigenvalue weighted by Gasteiger charge is -2.16. The number of fused-ring (bicyclic) bond motifs is 1. The number of hydrogen-bond acceptors (Lipinski definition) is 5. The maximum Gasteiger partial charge on any atom is 0.123 e. The second kappa shape index (κ2) is 7.28. The van der Waals surface area contributed by atoms with E-state index in [9.17, 15) is 0 Å². The predicted octanol–water partition coefficient (Wildman–Crippen LogP) is 4.91. The highest BCUT2D eigenvalue weighted by atomic mass is 32.1. The number of rotatable bonds is 6. The molecule has 3 aromatic rings. The maximum absolute atomic E-state index is 5.80. The van der Waals surface area contributed by atoms with Crippen LogP contribution in [0.25, 0.3) is 0 Å². The van der Waals surface area contributed by atoms with Crippen LogP contribution in [0.15, 0.2) is 40.4 Å². The van der Waals surface area contributed by atoms with Crippen molar-refractivity contribution in [1.29, 1.82) is 0 Å². The molecule has 0 fully saturated rings. The summed E-state index contributed by atoms with van der Waals surface area (Å²) < 4.78 is 5.80. The molecule has 0 bridgehead atoms. The smallest absolute Gasteiger partial charge is 0.123 e. The number of thiazole rings is 1. The highest BCUT2D eigenvalue weighted by Gasteiger charge is 2.20. The van der Waals surface area contributed by atoms with Gasteiger partial charge in [0.1, 0.15) is 16.9 Å². The van der Waals surface area contributed by atoms with Crippen molar-refractivity contribution in [3.8, 4) is 5.75 Å². The fraction of sp³-hybridized carbons (Fsp3) is 0.350. The summed E-state index contributed by atoms with van der Waals surface area (Å²) in [5.74, 6) is 1.04. The lowest BCUT2D eigenvalue weighted by atomic mass is 10.1. The third kappa shape index (κ3) is 3.94. The number of nitrogens with zero attached hydrogens (tertiary/aromatic N) is 1. The van der Waals surface area contributed by atoms with Crippen LogP contribution in [0.2, 0.25) is 0 Å². The van der Waals surface area contributed by atoms with Crippen LogP contribution in [0.3, 0.4) is 0 Å². The summed E-state index contributed by atoms with van der Waals surface area (Å²) >= 11 is 3.50. The topological polar surface area (TPSA) is 34.1 Å². The minimum absolute atomic E-state index is 0.247. The van der Waals surface area contributed by atoms with Crippen LogP contribution in [0.4, 0.5) is 0 Å². The van der Waals surface area contributed by atoms with Crippen molar-refractivity contribution < 1.29 is 4.74 Å². The van der Waals surface area contributed by atoms with Gasteiger partial charge in [0.15, 0.2) is 0 Å². The molecule has 1 aliphatic heterocycles. The molecule has 1 N–H and O–H groups in total. The van der Waals surface area contributed by atoms with E-state index in [0.29, 0.717) is 6.10 Å². The Bertz CT molecular complexity index is 841. The Kier molecular flexibility index (Phi) is 4.88. The Balaban J connectivity index is 1.48. The van der Waals surface area contributed by atoms with Crippen molar-refractivity contribution in [1.82, 2.24) is 10.3 Å². The van der Waals surface area contributed by atoms with E-state index in [4.69, 9.17) is 9.72 Å². The normalized spacial score (nSPS) is 17.3. The van der Waals surface area contributed by atoms with Crippen LogP contribution in [0, 0.1) is 6.92 Å². The number of ether oxygens (including phenoxy) is 1. The molecule has 2 atom stereocenters. The molecule has 3 heterocycles. The van der Waals surface area contributed by atoms with Gasteiger partial charge in [0.05, 0.1) is 6.04 Å². The van der Waals surface area contributed by atoms with Crippen molar-refractivity contribution in [3.05, 3.63) is 67.8 Å². The maximum atomic E-state index is 5.80. The molecule has 130 valence electrons. The molecule has 4 rings (SSSR count). The quantitative estimate of drug-likeness (QED) is 0.669. The lowest BCUT2D eigenvalue weighted by molar-refractivity contribution is 0.254. The number of benzene rings is 1. The Hall–Kier alpha value is -1.69. The van der Waals surface area contributed by atoms with Gasteiger partial charge in [-0.05, 0) is 59.9 Å². The van der Waals surface area contributed by atoms with Gasteiger partial charge in [0.25, 0.3) is 0 Å². The van der Waals surface area contributed by atoms with Crippen LogP contribution in [0.1, 0.15) is 40.4 Å². The Morgan fingerprint density at radius 2 is 2.20 bits per heavy atom. The van der Waals surface area contributed by atoms with Gasteiger partial charge in [0, 0.05) is 24.0 Å². The van der Waals surface area contributed by atoms with Gasteiger partial charge < -0.3 is 10.1 Å². The molecule has 25 heavy (non-hydrogen) atoms. The number of thiophene rings is 1. The van der Waals surface area contributed by atoms with E-state index in [-0.39, 0.29) is 6.04 Å². The predicted molar refractivity (Wildman–Crippen MR) is 105 cm³/mol. The summed E-state index contributed by atoms with van der Waals surface area (Å²) in [7, 11) is 0. The molecule has 2 unspecified atom stereocenters. The average Bonchev–Trinajstić information content (AvgIpc) is 3.31. The first kappa shape index (κ1) is 16.8. The zero-order valence-electron chi connectivity index (χ0n) is 14.5. The summed E-state index contributed by atoms with van der Waals surface area (Å²) in [5.41, 5.74) is 5.10. The zero-order valence-corrected chi connectivity index (χ0v) is 16.1. The fourth-order valence-electron chi connectivity index (χ4n) is 3.25. The first-order valence-electron chi connectivity index (χ1n) is 8.62. The SMILES string of the molecule is Cc1csc(C(Cc2ccsc2)NCc2ccc3c(c2)CC(C)O3)n1. The third-order valence-electron chi connectivity index (χ3n) is 4.47. The van der Waals surface area contributed by atoms with E-state index in [1.807, 2.05) is 0 Å². The van der Waals surface area contributed by atoms with E-state index in [1.54, 1.807) is 22.7 Å². The molecular formula is C20H22N2OS2. The van der Waals surface area contributed by atoms with Crippen molar-refractivity contribution in [2.24, 2.45) is 0 Å². The van der Waals surface area contributed by atoms with E-state index in [2.05, 4.69) is 59.6 Å². The highest BCUT2D eigenvalue weighted by Crippen LogP contribution is 2.30. The second-order valence-electron chi connectivity index (χ2n) is 6.67. The van der Waals surface area contributed by atoms with E-state index < -0.39 is 0 Å². The molecule has 1 aromatic carbocycles. The Labute approximate surface area is 156 Å². The van der Waals surface area contributed by atoms with Gasteiger partial charge in [-0.2, -0.15) is 11.3 Å². The minimum Gasteiger partial charge on any atom is -0.490 e. The summed E-state index contributed by atoms with van der Waals surface area (Å²) in [6, 6.07) is 9.00. The Morgan fingerprint density at radius 3 is 2.96 bits per heavy atom. The molecule has 0 radical (unpaired) electrons. The van der Waals surface area contributed by atoms with Crippen LogP contribution in [0.5, 0.6) is 5.75 Å². The highest BCUT2D eigenvalue weighted by molar-refractivity contribution is 7.09. The summed E-state index contributed by atoms with van der Waals surface area (Å²) in [6.07, 6.45) is 2.28. The lowest BCUT2D eigenvalue weighted by Crippen LogP contribution is -2.23. The standard InChI is InChI=1S/C20H22N2OS2/c1-13-11-25-20(22-13)18(9-16-5-6-24-12-16)21-10-15-3-4-19-17(8-15)7-14(2)23-19/h3-6,8,11-12,14,18,21H,7,9-10H2,1-2H3. The molecule has 1 aliphatic rings. The van der Waals surface area contributed by atoms with Crippen LogP contribution in [-0.4, -0.2) is 11.1 Å². The fourth-order valence-corrected chi connectivity index (χ4v) is 4.80. The third-order valence-corrected chi connectivity index (χ3v) is 6.28. The number of aryl methyl sites for hydroxylation is 1. The summed E-state index contributed by atoms with van der Waals surface area (Å²) in [6.45, 7) is 5.03. The largest absolute Gasteiger partial charge is 0.490 e. The van der Waals surface area contributed by atoms with Crippen molar-refractivity contribution >= 4 is 22.7 Å². The van der Waals surface area contributed by atoms with E-state index >= 15 is 0 Å². The van der Waals surface area contributed by atoms with Crippen LogP contribution >= 0.6 is 22.7 Å². The summed E-state index contributed by atoms with van der Waals surface area (Å²) in [5, 5.41) is 11.4. The molecule has 0 saturated carbocycles. The molecule has 0 aliphatic carbocycles. The van der Waals surface area contributed by atoms with Gasteiger partial charge in [-0.3, -0.25) is 0 Å². The van der Waals surface area contributed by atoms with Gasteiger partial charge in [-0.15, -0.1) is 11.3 Å². The van der Waals surface area contributed by atoms with Gasteiger partial charge >= 0.3 is 0 Å². The Morgan fingerprint density at radius 1 is 1.28 bits per heavy atom. The molecule has 0 spiro atoms. The summed E-state index contributed by atoms with van der Waals surface area (Å²) in [4.78, 5) is 4.71. The van der Waals surface area contributed by atoms with Crippen LogP contribution < -0.4 is 10.1 Å². The van der Waals surface area contributed by atoms with E-state index in [0.717, 1.165) is 30.8 Å². The first-order valence-corrected chi connectivity index (χ1v) is 10.4. The average molecular weight is 371 g/mol. The number of nitrogens with one attached hydrogen (secondary N) is 1. The molecule has 2 aromatic heterocycles. The number of aromatic nitrogens is 1. The molecular weight excluding hydrogens is 348 g/mol. The molecule has 3 nitrogen and oxygen atoms in total. The van der Waals surface area contributed by atoms with Gasteiger partial charge in [-0.25, -0.2) is 4.98 Å². The minimum atomic E-state index is 0.247. The first-order chi connectivity index (χ1) is 12.2. The zero-order chi connectivity index (χ0) is 17.2. The molecule has 0 amide bonds. The second-order valence-corrected chi connectivity index (χ2v) is 8.34. The molecule has 5 heteroatoms. The van der Waals surface area contributed by atoms with Gasteiger partial charge in [0.2, 0.25) is 0 Å². The van der Waals surface area contributed by atoms with Gasteiger partial charge in [-0.1, -0.05) is 12.1 Å². The van der Waals surface area contributed by atoms with E-state index in [1.165, 1.54) is 21.7 Å². The van der Waals surface area contributed by atoms with Crippen molar-refractivity contribution in [2.45, 2.75) is 45.4 Å².